The first-order valence-corrected chi connectivity index (χ1v) is 14.9. The molecule has 226 valence electrons. The van der Waals surface area contributed by atoms with Crippen LogP contribution in [-0.4, -0.2) is 23.2 Å². The van der Waals surface area contributed by atoms with Crippen LogP contribution in [0.5, 0.6) is 5.75 Å². The van der Waals surface area contributed by atoms with Crippen molar-refractivity contribution in [3.8, 4) is 5.75 Å². The number of carbonyl (C=O) groups is 2. The Kier molecular flexibility index (Phi) is 9.25. The molecule has 1 heterocycles. The predicted octanol–water partition coefficient (Wildman–Crippen LogP) is 8.44. The zero-order valence-corrected chi connectivity index (χ0v) is 25.7. The van der Waals surface area contributed by atoms with Gasteiger partial charge in [-0.2, -0.15) is 13.2 Å². The molecule has 0 aliphatic carbocycles. The van der Waals surface area contributed by atoms with Crippen molar-refractivity contribution in [1.82, 2.24) is 10.2 Å². The van der Waals surface area contributed by atoms with Gasteiger partial charge >= 0.3 is 6.18 Å². The number of rotatable bonds is 10. The molecule has 0 bridgehead atoms. The lowest BCUT2D eigenvalue weighted by Gasteiger charge is -2.28. The van der Waals surface area contributed by atoms with Crippen LogP contribution in [0.25, 0.3) is 0 Å². The van der Waals surface area contributed by atoms with Gasteiger partial charge in [-0.25, -0.2) is 0 Å². The maximum absolute atomic E-state index is 14.4. The van der Waals surface area contributed by atoms with Gasteiger partial charge in [-0.15, -0.1) is 0 Å². The van der Waals surface area contributed by atoms with Crippen molar-refractivity contribution in [3.05, 3.63) is 147 Å². The molecule has 44 heavy (non-hydrogen) atoms. The van der Waals surface area contributed by atoms with E-state index in [9.17, 15) is 22.8 Å². The average Bonchev–Trinajstić information content (AvgIpc) is 3.28. The number of benzene rings is 4. The molecule has 5 nitrogen and oxygen atoms in total. The average molecular weight is 664 g/mol. The highest BCUT2D eigenvalue weighted by Gasteiger charge is 2.44. The highest BCUT2D eigenvalue weighted by Crippen LogP contribution is 2.42. The maximum atomic E-state index is 14.4. The van der Waals surface area contributed by atoms with Crippen molar-refractivity contribution < 1.29 is 27.5 Å². The third-order valence-electron chi connectivity index (χ3n) is 7.49. The second kappa shape index (κ2) is 13.1. The van der Waals surface area contributed by atoms with E-state index >= 15 is 0 Å². The Hall–Kier alpha value is -4.37. The molecule has 2 atom stereocenters. The van der Waals surface area contributed by atoms with Crippen LogP contribution in [0, 0.1) is 0 Å². The summed E-state index contributed by atoms with van der Waals surface area (Å²) in [6, 6.07) is 27.7. The van der Waals surface area contributed by atoms with Crippen LogP contribution in [0.1, 0.15) is 58.5 Å². The molecule has 0 spiro atoms. The predicted molar refractivity (Wildman–Crippen MR) is 166 cm³/mol. The molecule has 4 aromatic rings. The highest BCUT2D eigenvalue weighted by atomic mass is 79.9. The van der Waals surface area contributed by atoms with E-state index in [-0.39, 0.29) is 42.0 Å². The summed E-state index contributed by atoms with van der Waals surface area (Å²) in [4.78, 5) is 30.2. The van der Waals surface area contributed by atoms with Crippen LogP contribution >= 0.6 is 15.9 Å². The summed E-state index contributed by atoms with van der Waals surface area (Å²) in [6.07, 6.45) is -4.56. The molecule has 1 aliphatic rings. The van der Waals surface area contributed by atoms with Gasteiger partial charge in [0.1, 0.15) is 11.4 Å². The Morgan fingerprint density at radius 1 is 0.955 bits per heavy atom. The van der Waals surface area contributed by atoms with E-state index in [1.807, 2.05) is 61.5 Å². The summed E-state index contributed by atoms with van der Waals surface area (Å²) < 4.78 is 47.1. The zero-order valence-electron chi connectivity index (χ0n) is 24.1. The van der Waals surface area contributed by atoms with Gasteiger partial charge in [-0.05, 0) is 49.2 Å². The SMILES string of the molecule is CCOc1cc(C(F)(F)F)ccc1CN1C(=O)C(N[C@H](C)c2ccccc2)=C(C(=O)c2ccccc2)C1c1ccc(Br)cc1. The summed E-state index contributed by atoms with van der Waals surface area (Å²) in [7, 11) is 0. The highest BCUT2D eigenvalue weighted by molar-refractivity contribution is 9.10. The van der Waals surface area contributed by atoms with E-state index in [1.165, 1.54) is 11.0 Å². The van der Waals surface area contributed by atoms with Crippen molar-refractivity contribution in [2.45, 2.75) is 38.7 Å². The Labute approximate surface area is 262 Å². The van der Waals surface area contributed by atoms with E-state index in [0.29, 0.717) is 16.7 Å². The summed E-state index contributed by atoms with van der Waals surface area (Å²) >= 11 is 3.46. The molecule has 0 radical (unpaired) electrons. The number of alkyl halides is 3. The number of halogens is 4. The monoisotopic (exact) mass is 662 g/mol. The molecule has 1 N–H and O–H groups in total. The molecule has 9 heteroatoms. The van der Waals surface area contributed by atoms with E-state index in [4.69, 9.17) is 4.74 Å². The van der Waals surface area contributed by atoms with Crippen molar-refractivity contribution >= 4 is 27.6 Å². The number of nitrogens with one attached hydrogen (secondary N) is 1. The quantitative estimate of drug-likeness (QED) is 0.173. The summed E-state index contributed by atoms with van der Waals surface area (Å²) in [5.41, 5.74) is 1.95. The van der Waals surface area contributed by atoms with Crippen molar-refractivity contribution in [2.75, 3.05) is 6.61 Å². The van der Waals surface area contributed by atoms with Crippen LogP contribution < -0.4 is 10.1 Å². The maximum Gasteiger partial charge on any atom is 0.416 e. The van der Waals surface area contributed by atoms with Gasteiger partial charge in [0.2, 0.25) is 0 Å². The zero-order chi connectivity index (χ0) is 31.4. The second-order valence-corrected chi connectivity index (χ2v) is 11.3. The van der Waals surface area contributed by atoms with Gasteiger partial charge in [-0.3, -0.25) is 9.59 Å². The summed E-state index contributed by atoms with van der Waals surface area (Å²) in [5.74, 6) is -0.739. The first-order chi connectivity index (χ1) is 21.1. The number of ketones is 1. The molecule has 0 saturated carbocycles. The largest absolute Gasteiger partial charge is 0.494 e. The lowest BCUT2D eigenvalue weighted by atomic mass is 9.92. The number of Topliss-reactive ketones (excluding diaryl/α,β-unsaturated/α-hetero) is 1. The standard InChI is InChI=1S/C35H30BrF3N2O3/c1-3-44-29-20-27(35(37,38)39)17-14-26(29)21-41-32(24-15-18-28(36)19-16-24)30(33(42)25-12-8-5-9-13-25)31(34(41)43)40-22(2)23-10-6-4-7-11-23/h4-20,22,32,40H,3,21H2,1-2H3/t22-,32?/m1/s1. The van der Waals surface area contributed by atoms with E-state index in [0.717, 1.165) is 22.2 Å². The molecule has 4 aromatic carbocycles. The van der Waals surface area contributed by atoms with Crippen LogP contribution in [0.15, 0.2) is 119 Å². The number of carbonyl (C=O) groups excluding carboxylic acids is 2. The van der Waals surface area contributed by atoms with Crippen molar-refractivity contribution in [1.29, 1.82) is 0 Å². The van der Waals surface area contributed by atoms with Crippen molar-refractivity contribution in [3.63, 3.8) is 0 Å². The normalized spacial score (nSPS) is 15.8. The smallest absolute Gasteiger partial charge is 0.416 e. The molecular formula is C35H30BrF3N2O3. The van der Waals surface area contributed by atoms with E-state index in [1.54, 1.807) is 37.3 Å². The Morgan fingerprint density at radius 2 is 1.59 bits per heavy atom. The minimum atomic E-state index is -4.56. The molecular weight excluding hydrogens is 633 g/mol. The number of hydrogen-bond donors (Lipinski definition) is 1. The van der Waals surface area contributed by atoms with Gasteiger partial charge in [0, 0.05) is 21.6 Å². The molecule has 0 fully saturated rings. The Morgan fingerprint density at radius 3 is 2.20 bits per heavy atom. The third-order valence-corrected chi connectivity index (χ3v) is 8.02. The lowest BCUT2D eigenvalue weighted by molar-refractivity contribution is -0.137. The van der Waals surface area contributed by atoms with E-state index < -0.39 is 23.7 Å². The van der Waals surface area contributed by atoms with Gasteiger partial charge in [-0.1, -0.05) is 94.8 Å². The van der Waals surface area contributed by atoms with Crippen LogP contribution in [0.3, 0.4) is 0 Å². The fourth-order valence-electron chi connectivity index (χ4n) is 5.32. The molecule has 5 rings (SSSR count). The Balaban J connectivity index is 1.65. The number of ether oxygens (including phenoxy) is 1. The minimum Gasteiger partial charge on any atom is -0.494 e. The van der Waals surface area contributed by atoms with E-state index in [2.05, 4.69) is 21.2 Å². The van der Waals surface area contributed by atoms with Crippen LogP contribution in [0.2, 0.25) is 0 Å². The number of nitrogens with zero attached hydrogens (tertiary/aromatic N) is 1. The number of hydrogen-bond acceptors (Lipinski definition) is 4. The molecule has 1 amide bonds. The van der Waals surface area contributed by atoms with Gasteiger partial charge in [0.05, 0.1) is 30.3 Å². The Bertz CT molecular complexity index is 1670. The fraction of sp³-hybridized carbons (Fsp3) is 0.200. The van der Waals surface area contributed by atoms with Gasteiger partial charge < -0.3 is 15.0 Å². The molecule has 0 saturated heterocycles. The molecule has 0 aromatic heterocycles. The van der Waals surface area contributed by atoms with Gasteiger partial charge in [0.25, 0.3) is 5.91 Å². The summed E-state index contributed by atoms with van der Waals surface area (Å²) in [5, 5.41) is 3.32. The lowest BCUT2D eigenvalue weighted by Crippen LogP contribution is -2.33. The first kappa shape index (κ1) is 31.1. The first-order valence-electron chi connectivity index (χ1n) is 14.1. The second-order valence-electron chi connectivity index (χ2n) is 10.4. The fourth-order valence-corrected chi connectivity index (χ4v) is 5.59. The molecule has 1 unspecified atom stereocenters. The van der Waals surface area contributed by atoms with Crippen molar-refractivity contribution in [2.24, 2.45) is 0 Å². The number of amides is 1. The molecule has 1 aliphatic heterocycles. The van der Waals surface area contributed by atoms with Gasteiger partial charge in [0.15, 0.2) is 5.78 Å². The van der Waals surface area contributed by atoms with Crippen LogP contribution in [0.4, 0.5) is 13.2 Å². The topological polar surface area (TPSA) is 58.6 Å². The third kappa shape index (κ3) is 6.58. The minimum absolute atomic E-state index is 0.0275. The van der Waals surface area contributed by atoms with Crippen LogP contribution in [-0.2, 0) is 17.5 Å². The summed E-state index contributed by atoms with van der Waals surface area (Å²) in [6.45, 7) is 3.63.